The van der Waals surface area contributed by atoms with Gasteiger partial charge in [0.05, 0.1) is 22.8 Å². The molecule has 0 saturated heterocycles. The van der Waals surface area contributed by atoms with Crippen molar-refractivity contribution in [3.05, 3.63) is 33.9 Å². The highest BCUT2D eigenvalue weighted by molar-refractivity contribution is 5.95. The van der Waals surface area contributed by atoms with Crippen molar-refractivity contribution in [2.75, 3.05) is 18.1 Å². The SMILES string of the molecule is O=C(O)c1cc([N+](=O)[O-])ccc1N(CCO)C1CC1. The van der Waals surface area contributed by atoms with Gasteiger partial charge in [0.2, 0.25) is 0 Å². The molecular formula is C12H14N2O5. The first-order valence-corrected chi connectivity index (χ1v) is 5.94. The Labute approximate surface area is 109 Å². The van der Waals surface area contributed by atoms with Crippen LogP contribution in [0.5, 0.6) is 0 Å². The smallest absolute Gasteiger partial charge is 0.338 e. The van der Waals surface area contributed by atoms with Crippen LogP contribution >= 0.6 is 0 Å². The van der Waals surface area contributed by atoms with Gasteiger partial charge in [0.1, 0.15) is 0 Å². The van der Waals surface area contributed by atoms with Crippen LogP contribution in [0.2, 0.25) is 0 Å². The molecule has 0 aromatic heterocycles. The van der Waals surface area contributed by atoms with E-state index in [9.17, 15) is 20.0 Å². The predicted octanol–water partition coefficient (Wildman–Crippen LogP) is 1.25. The van der Waals surface area contributed by atoms with E-state index < -0.39 is 10.9 Å². The number of benzene rings is 1. The first-order valence-electron chi connectivity index (χ1n) is 5.94. The molecule has 1 aliphatic carbocycles. The number of carbonyl (C=O) groups is 1. The van der Waals surface area contributed by atoms with E-state index in [-0.39, 0.29) is 23.9 Å². The number of nitro groups is 1. The molecule has 0 unspecified atom stereocenters. The number of carboxylic acids is 1. The van der Waals surface area contributed by atoms with E-state index in [0.717, 1.165) is 18.9 Å². The number of aromatic carboxylic acids is 1. The molecule has 19 heavy (non-hydrogen) atoms. The van der Waals surface area contributed by atoms with Crippen molar-refractivity contribution in [2.24, 2.45) is 0 Å². The van der Waals surface area contributed by atoms with Crippen LogP contribution in [0.3, 0.4) is 0 Å². The van der Waals surface area contributed by atoms with E-state index >= 15 is 0 Å². The normalized spacial score (nSPS) is 14.2. The van der Waals surface area contributed by atoms with Crippen LogP contribution in [0.1, 0.15) is 23.2 Å². The maximum atomic E-state index is 11.2. The zero-order valence-electron chi connectivity index (χ0n) is 10.2. The number of hydrogen-bond donors (Lipinski definition) is 2. The highest BCUT2D eigenvalue weighted by Gasteiger charge is 2.31. The van der Waals surface area contributed by atoms with Gasteiger partial charge in [-0.05, 0) is 18.9 Å². The molecule has 7 nitrogen and oxygen atoms in total. The lowest BCUT2D eigenvalue weighted by molar-refractivity contribution is -0.384. The summed E-state index contributed by atoms with van der Waals surface area (Å²) >= 11 is 0. The third kappa shape index (κ3) is 2.82. The standard InChI is InChI=1S/C12H14N2O5/c15-6-5-13(8-1-2-8)11-4-3-9(14(18)19)7-10(11)12(16)17/h3-4,7-8,15H,1-2,5-6H2,(H,16,17). The number of aliphatic hydroxyl groups excluding tert-OH is 1. The van der Waals surface area contributed by atoms with Gasteiger partial charge in [0.15, 0.2) is 0 Å². The highest BCUT2D eigenvalue weighted by atomic mass is 16.6. The molecular weight excluding hydrogens is 252 g/mol. The third-order valence-corrected chi connectivity index (χ3v) is 3.06. The molecule has 0 atom stereocenters. The van der Waals surface area contributed by atoms with E-state index in [0.29, 0.717) is 12.2 Å². The topological polar surface area (TPSA) is 104 Å². The van der Waals surface area contributed by atoms with Gasteiger partial charge < -0.3 is 15.1 Å². The first kappa shape index (κ1) is 13.3. The largest absolute Gasteiger partial charge is 0.478 e. The molecule has 2 N–H and O–H groups in total. The van der Waals surface area contributed by atoms with Crippen LogP contribution < -0.4 is 4.90 Å². The molecule has 1 aromatic rings. The Hall–Kier alpha value is -2.15. The van der Waals surface area contributed by atoms with Crippen LogP contribution in [0, 0.1) is 10.1 Å². The Kier molecular flexibility index (Phi) is 3.66. The zero-order valence-corrected chi connectivity index (χ0v) is 10.2. The number of carboxylic acid groups (broad SMARTS) is 1. The average Bonchev–Trinajstić information content (AvgIpc) is 3.19. The molecule has 0 amide bonds. The molecule has 0 aliphatic heterocycles. The monoisotopic (exact) mass is 266 g/mol. The fraction of sp³-hybridized carbons (Fsp3) is 0.417. The van der Waals surface area contributed by atoms with Crippen molar-refractivity contribution in [1.29, 1.82) is 0 Å². The molecule has 1 aliphatic rings. The Morgan fingerprint density at radius 3 is 2.63 bits per heavy atom. The van der Waals surface area contributed by atoms with Crippen molar-refractivity contribution in [2.45, 2.75) is 18.9 Å². The average molecular weight is 266 g/mol. The second kappa shape index (κ2) is 5.23. The molecule has 0 bridgehead atoms. The second-order valence-electron chi connectivity index (χ2n) is 4.41. The van der Waals surface area contributed by atoms with Crippen LogP contribution in [0.15, 0.2) is 18.2 Å². The van der Waals surface area contributed by atoms with Gasteiger partial charge in [-0.15, -0.1) is 0 Å². The summed E-state index contributed by atoms with van der Waals surface area (Å²) in [4.78, 5) is 23.1. The Morgan fingerprint density at radius 1 is 1.47 bits per heavy atom. The van der Waals surface area contributed by atoms with Gasteiger partial charge in [-0.25, -0.2) is 4.79 Å². The number of rotatable bonds is 6. The summed E-state index contributed by atoms with van der Waals surface area (Å²) in [5, 5.41) is 28.9. The van der Waals surface area contributed by atoms with Crippen molar-refractivity contribution in [1.82, 2.24) is 0 Å². The minimum atomic E-state index is -1.21. The van der Waals surface area contributed by atoms with Crippen molar-refractivity contribution >= 4 is 17.3 Å². The summed E-state index contributed by atoms with van der Waals surface area (Å²) < 4.78 is 0. The molecule has 0 heterocycles. The maximum Gasteiger partial charge on any atom is 0.338 e. The van der Waals surface area contributed by atoms with Crippen molar-refractivity contribution in [3.63, 3.8) is 0 Å². The van der Waals surface area contributed by atoms with Gasteiger partial charge >= 0.3 is 5.97 Å². The minimum Gasteiger partial charge on any atom is -0.478 e. The van der Waals surface area contributed by atoms with E-state index in [1.54, 1.807) is 4.90 Å². The summed E-state index contributed by atoms with van der Waals surface area (Å²) in [6, 6.07) is 4.00. The fourth-order valence-electron chi connectivity index (χ4n) is 2.05. The second-order valence-corrected chi connectivity index (χ2v) is 4.41. The number of nitrogens with zero attached hydrogens (tertiary/aromatic N) is 2. The zero-order chi connectivity index (χ0) is 14.0. The summed E-state index contributed by atoms with van der Waals surface area (Å²) in [6.07, 6.45) is 1.88. The van der Waals surface area contributed by atoms with Crippen LogP contribution in [-0.2, 0) is 0 Å². The molecule has 7 heteroatoms. The quantitative estimate of drug-likeness (QED) is 0.593. The molecule has 1 fully saturated rings. The molecule has 0 spiro atoms. The van der Waals surface area contributed by atoms with Crippen LogP contribution in [0.4, 0.5) is 11.4 Å². The van der Waals surface area contributed by atoms with Gasteiger partial charge in [-0.1, -0.05) is 0 Å². The van der Waals surface area contributed by atoms with E-state index in [1.165, 1.54) is 12.1 Å². The Balaban J connectivity index is 2.42. The number of nitro benzene ring substituents is 1. The lowest BCUT2D eigenvalue weighted by Crippen LogP contribution is -2.30. The predicted molar refractivity (Wildman–Crippen MR) is 67.5 cm³/mol. The molecule has 2 rings (SSSR count). The number of aliphatic hydroxyl groups is 1. The molecule has 1 aromatic carbocycles. The molecule has 1 saturated carbocycles. The lowest BCUT2D eigenvalue weighted by atomic mass is 10.1. The number of non-ortho nitro benzene ring substituents is 1. The highest BCUT2D eigenvalue weighted by Crippen LogP contribution is 2.34. The Morgan fingerprint density at radius 2 is 2.16 bits per heavy atom. The van der Waals surface area contributed by atoms with E-state index in [1.807, 2.05) is 0 Å². The minimum absolute atomic E-state index is 0.0907. The fourth-order valence-corrected chi connectivity index (χ4v) is 2.05. The van der Waals surface area contributed by atoms with Crippen molar-refractivity contribution in [3.8, 4) is 0 Å². The van der Waals surface area contributed by atoms with E-state index in [4.69, 9.17) is 5.11 Å². The summed E-state index contributed by atoms with van der Waals surface area (Å²) in [6.45, 7) is 0.231. The van der Waals surface area contributed by atoms with E-state index in [2.05, 4.69) is 0 Å². The Bertz CT molecular complexity index is 513. The van der Waals surface area contributed by atoms with Gasteiger partial charge in [-0.2, -0.15) is 0 Å². The summed E-state index contributed by atoms with van der Waals surface area (Å²) in [7, 11) is 0. The van der Waals surface area contributed by atoms with Gasteiger partial charge in [-0.3, -0.25) is 10.1 Å². The molecule has 0 radical (unpaired) electrons. The summed E-state index contributed by atoms with van der Waals surface area (Å²) in [5.41, 5.74) is 0.0742. The van der Waals surface area contributed by atoms with Gasteiger partial charge in [0.25, 0.3) is 5.69 Å². The van der Waals surface area contributed by atoms with Crippen molar-refractivity contribution < 1.29 is 19.9 Å². The van der Waals surface area contributed by atoms with Crippen LogP contribution in [-0.4, -0.2) is 40.3 Å². The molecule has 102 valence electrons. The summed E-state index contributed by atoms with van der Waals surface area (Å²) in [5.74, 6) is -1.21. The maximum absolute atomic E-state index is 11.2. The first-order chi connectivity index (χ1) is 9.04. The van der Waals surface area contributed by atoms with Crippen LogP contribution in [0.25, 0.3) is 0 Å². The van der Waals surface area contributed by atoms with Gasteiger partial charge in [0, 0.05) is 24.7 Å². The number of hydrogen-bond acceptors (Lipinski definition) is 5. The third-order valence-electron chi connectivity index (χ3n) is 3.06. The number of anilines is 1. The lowest BCUT2D eigenvalue weighted by Gasteiger charge is -2.25.